The van der Waals surface area contributed by atoms with E-state index in [-0.39, 0.29) is 5.16 Å². The van der Waals surface area contributed by atoms with E-state index in [2.05, 4.69) is 34.5 Å². The number of benzene rings is 1. The van der Waals surface area contributed by atoms with Crippen molar-refractivity contribution in [2.45, 2.75) is 44.8 Å². The van der Waals surface area contributed by atoms with E-state index >= 15 is 0 Å². The summed E-state index contributed by atoms with van der Waals surface area (Å²) in [5, 5.41) is 7.55. The largest absolute Gasteiger partial charge is 0.301 e. The zero-order valence-corrected chi connectivity index (χ0v) is 13.7. The number of aryl methyl sites for hydroxylation is 3. The van der Waals surface area contributed by atoms with Crippen LogP contribution in [0.5, 0.6) is 0 Å². The first-order valence-electron chi connectivity index (χ1n) is 6.84. The Morgan fingerprint density at radius 2 is 1.81 bits per heavy atom. The van der Waals surface area contributed by atoms with Crippen molar-refractivity contribution in [1.82, 2.24) is 14.8 Å². The molecule has 21 heavy (non-hydrogen) atoms. The van der Waals surface area contributed by atoms with Gasteiger partial charge in [0.15, 0.2) is 0 Å². The van der Waals surface area contributed by atoms with Crippen LogP contribution in [0.2, 0.25) is 0 Å². The van der Waals surface area contributed by atoms with Crippen molar-refractivity contribution >= 4 is 19.7 Å². The van der Waals surface area contributed by atoms with Gasteiger partial charge in [0.25, 0.3) is 14.2 Å². The maximum Gasteiger partial charge on any atom is 0.296 e. The highest BCUT2D eigenvalue weighted by atomic mass is 35.7. The van der Waals surface area contributed by atoms with E-state index in [0.717, 1.165) is 12.8 Å². The molecule has 0 aliphatic heterocycles. The maximum absolute atomic E-state index is 11.5. The molecule has 1 heterocycles. The number of hydrogen-bond acceptors (Lipinski definition) is 4. The van der Waals surface area contributed by atoms with Crippen molar-refractivity contribution < 1.29 is 8.42 Å². The summed E-state index contributed by atoms with van der Waals surface area (Å²) >= 11 is 0. The first-order valence-corrected chi connectivity index (χ1v) is 9.15. The minimum atomic E-state index is -3.86. The van der Waals surface area contributed by atoms with Crippen LogP contribution in [0.25, 0.3) is 0 Å². The summed E-state index contributed by atoms with van der Waals surface area (Å²) in [6.45, 7) is 4.55. The first-order chi connectivity index (χ1) is 9.91. The Hall–Kier alpha value is -1.40. The Bertz CT molecular complexity index is 708. The van der Waals surface area contributed by atoms with Gasteiger partial charge in [0.1, 0.15) is 5.82 Å². The molecule has 0 atom stereocenters. The van der Waals surface area contributed by atoms with E-state index in [1.54, 1.807) is 4.57 Å². The molecule has 0 aliphatic carbocycles. The monoisotopic (exact) mass is 327 g/mol. The summed E-state index contributed by atoms with van der Waals surface area (Å²) in [6, 6.07) is 8.24. The second-order valence-corrected chi connectivity index (χ2v) is 7.43. The van der Waals surface area contributed by atoms with Crippen LogP contribution in [0.3, 0.4) is 0 Å². The van der Waals surface area contributed by atoms with E-state index in [9.17, 15) is 8.42 Å². The van der Waals surface area contributed by atoms with Gasteiger partial charge in [-0.25, -0.2) is 8.42 Å². The fourth-order valence-electron chi connectivity index (χ4n) is 2.14. The molecule has 1 aromatic heterocycles. The molecule has 7 heteroatoms. The molecular weight excluding hydrogens is 310 g/mol. The predicted octanol–water partition coefficient (Wildman–Crippen LogP) is 2.71. The highest BCUT2D eigenvalue weighted by Crippen LogP contribution is 2.16. The number of nitrogens with zero attached hydrogens (tertiary/aromatic N) is 3. The lowest BCUT2D eigenvalue weighted by atomic mass is 10.1. The zero-order valence-electron chi connectivity index (χ0n) is 12.1. The molecule has 2 rings (SSSR count). The summed E-state index contributed by atoms with van der Waals surface area (Å²) in [4.78, 5) is 0. The van der Waals surface area contributed by atoms with Crippen LogP contribution in [0.15, 0.2) is 29.4 Å². The SMILES string of the molecule is CCCn1c(CCc2ccc(C)cc2)nnc1S(=O)(=O)Cl. The van der Waals surface area contributed by atoms with E-state index < -0.39 is 9.05 Å². The molecule has 0 saturated carbocycles. The van der Waals surface area contributed by atoms with E-state index in [4.69, 9.17) is 10.7 Å². The summed E-state index contributed by atoms with van der Waals surface area (Å²) < 4.78 is 24.6. The average molecular weight is 328 g/mol. The highest BCUT2D eigenvalue weighted by molar-refractivity contribution is 8.13. The molecule has 0 unspecified atom stereocenters. The van der Waals surface area contributed by atoms with Gasteiger partial charge in [-0.05, 0) is 25.3 Å². The van der Waals surface area contributed by atoms with Crippen molar-refractivity contribution in [2.24, 2.45) is 0 Å². The van der Waals surface area contributed by atoms with Gasteiger partial charge in [0.2, 0.25) is 0 Å². The zero-order chi connectivity index (χ0) is 15.5. The summed E-state index contributed by atoms with van der Waals surface area (Å²) in [5.74, 6) is 0.650. The van der Waals surface area contributed by atoms with Gasteiger partial charge in [-0.3, -0.25) is 0 Å². The maximum atomic E-state index is 11.5. The molecular formula is C14H18ClN3O2S. The second kappa shape index (κ2) is 6.58. The molecule has 0 fully saturated rings. The van der Waals surface area contributed by atoms with Crippen molar-refractivity contribution in [3.8, 4) is 0 Å². The Labute approximate surface area is 129 Å². The highest BCUT2D eigenvalue weighted by Gasteiger charge is 2.21. The molecule has 0 N–H and O–H groups in total. The lowest BCUT2D eigenvalue weighted by molar-refractivity contribution is 0.554. The van der Waals surface area contributed by atoms with Gasteiger partial charge in [0, 0.05) is 23.6 Å². The Morgan fingerprint density at radius 1 is 1.14 bits per heavy atom. The second-order valence-electron chi connectivity index (χ2n) is 4.97. The standard InChI is InChI=1S/C14H18ClN3O2S/c1-3-10-18-13(16-17-14(18)21(15,19)20)9-8-12-6-4-11(2)5-7-12/h4-7H,3,8-10H2,1-2H3. The molecule has 0 amide bonds. The van der Waals surface area contributed by atoms with Crippen molar-refractivity contribution in [1.29, 1.82) is 0 Å². The molecule has 0 aliphatic rings. The number of hydrogen-bond donors (Lipinski definition) is 0. The Morgan fingerprint density at radius 3 is 2.38 bits per heavy atom. The van der Waals surface area contributed by atoms with Crippen LogP contribution >= 0.6 is 10.7 Å². The smallest absolute Gasteiger partial charge is 0.296 e. The van der Waals surface area contributed by atoms with Gasteiger partial charge in [0.05, 0.1) is 0 Å². The number of halogens is 1. The number of rotatable bonds is 6. The third-order valence-electron chi connectivity index (χ3n) is 3.22. The fourth-order valence-corrected chi connectivity index (χ4v) is 3.08. The first kappa shape index (κ1) is 16.0. The Balaban J connectivity index is 2.20. The minimum Gasteiger partial charge on any atom is -0.301 e. The van der Waals surface area contributed by atoms with Gasteiger partial charge >= 0.3 is 0 Å². The fraction of sp³-hybridized carbons (Fsp3) is 0.429. The van der Waals surface area contributed by atoms with Crippen molar-refractivity contribution in [2.75, 3.05) is 0 Å². The van der Waals surface area contributed by atoms with Crippen LogP contribution in [0, 0.1) is 6.92 Å². The molecule has 0 bridgehead atoms. The van der Waals surface area contributed by atoms with Gasteiger partial charge in [-0.15, -0.1) is 10.2 Å². The van der Waals surface area contributed by atoms with Crippen LogP contribution in [0.4, 0.5) is 0 Å². The van der Waals surface area contributed by atoms with Crippen LogP contribution in [-0.2, 0) is 28.4 Å². The van der Waals surface area contributed by atoms with Gasteiger partial charge in [-0.1, -0.05) is 36.8 Å². The molecule has 1 aromatic carbocycles. The molecule has 114 valence electrons. The molecule has 2 aromatic rings. The average Bonchev–Trinajstić information content (AvgIpc) is 2.82. The van der Waals surface area contributed by atoms with Crippen LogP contribution in [-0.4, -0.2) is 23.2 Å². The summed E-state index contributed by atoms with van der Waals surface area (Å²) in [7, 11) is 1.53. The van der Waals surface area contributed by atoms with Gasteiger partial charge in [-0.2, -0.15) is 0 Å². The lowest BCUT2D eigenvalue weighted by Crippen LogP contribution is -2.10. The topological polar surface area (TPSA) is 64.8 Å². The normalized spacial score (nSPS) is 11.8. The summed E-state index contributed by atoms with van der Waals surface area (Å²) in [5.41, 5.74) is 2.39. The van der Waals surface area contributed by atoms with E-state index in [1.807, 2.05) is 13.8 Å². The van der Waals surface area contributed by atoms with Crippen LogP contribution < -0.4 is 0 Å². The van der Waals surface area contributed by atoms with Gasteiger partial charge < -0.3 is 4.57 Å². The number of aromatic nitrogens is 3. The lowest BCUT2D eigenvalue weighted by Gasteiger charge is -2.07. The minimum absolute atomic E-state index is 0.162. The Kier molecular flexibility index (Phi) is 5.00. The van der Waals surface area contributed by atoms with E-state index in [1.165, 1.54) is 11.1 Å². The quantitative estimate of drug-likeness (QED) is 0.765. The molecule has 0 radical (unpaired) electrons. The third kappa shape index (κ3) is 4.04. The van der Waals surface area contributed by atoms with Crippen LogP contribution in [0.1, 0.15) is 30.3 Å². The molecule has 0 spiro atoms. The van der Waals surface area contributed by atoms with E-state index in [0.29, 0.717) is 18.8 Å². The third-order valence-corrected chi connectivity index (χ3v) is 4.37. The molecule has 5 nitrogen and oxygen atoms in total. The molecule has 0 saturated heterocycles. The predicted molar refractivity (Wildman–Crippen MR) is 81.9 cm³/mol. The van der Waals surface area contributed by atoms with Crippen molar-refractivity contribution in [3.63, 3.8) is 0 Å². The summed E-state index contributed by atoms with van der Waals surface area (Å²) in [6.07, 6.45) is 2.20. The van der Waals surface area contributed by atoms with Crippen molar-refractivity contribution in [3.05, 3.63) is 41.2 Å².